The first-order chi connectivity index (χ1) is 35.0. The number of rotatable bonds is 54. The molecule has 0 aliphatic heterocycles. The zero-order valence-electron chi connectivity index (χ0n) is 47.4. The zero-order valence-corrected chi connectivity index (χ0v) is 48.3. The fraction of sp³-hybridized carbons (Fsp3) is 0.774. The van der Waals surface area contributed by atoms with E-state index in [0.29, 0.717) is 23.9 Å². The highest BCUT2D eigenvalue weighted by Gasteiger charge is 2.22. The number of carbonyl (C=O) groups is 2. The maximum Gasteiger partial charge on any atom is 0.306 e. The summed E-state index contributed by atoms with van der Waals surface area (Å²) in [4.78, 5) is 37.9. The lowest BCUT2D eigenvalue weighted by Gasteiger charge is -2.28. The van der Waals surface area contributed by atoms with Crippen molar-refractivity contribution in [1.82, 2.24) is 0 Å². The third-order valence-electron chi connectivity index (χ3n) is 12.7. The van der Waals surface area contributed by atoms with Gasteiger partial charge in [0, 0.05) is 12.8 Å². The minimum absolute atomic E-state index is 0.0361. The van der Waals surface area contributed by atoms with E-state index >= 15 is 0 Å². The Morgan fingerprint density at radius 1 is 0.431 bits per heavy atom. The Balaban J connectivity index is 4.19. The summed E-state index contributed by atoms with van der Waals surface area (Å²) in [6, 6.07) is 0. The molecule has 0 aliphatic carbocycles. The lowest BCUT2D eigenvalue weighted by Crippen LogP contribution is -2.37. The molecule has 0 spiro atoms. The number of phosphoric acid groups is 1. The van der Waals surface area contributed by atoms with Crippen molar-refractivity contribution in [3.05, 3.63) is 72.9 Å². The number of carbonyl (C=O) groups excluding carboxylic acids is 2. The predicted molar refractivity (Wildman–Crippen MR) is 305 cm³/mol. The van der Waals surface area contributed by atoms with Crippen LogP contribution < -0.4 is 4.89 Å². The van der Waals surface area contributed by atoms with Crippen LogP contribution in [0.2, 0.25) is 0 Å². The number of hydrogen-bond acceptors (Lipinski definition) is 8. The zero-order chi connectivity index (χ0) is 52.7. The van der Waals surface area contributed by atoms with Gasteiger partial charge in [-0.3, -0.25) is 14.2 Å². The van der Waals surface area contributed by atoms with Gasteiger partial charge in [-0.15, -0.1) is 0 Å². The van der Waals surface area contributed by atoms with Gasteiger partial charge in [-0.2, -0.15) is 0 Å². The summed E-state index contributed by atoms with van der Waals surface area (Å²) in [6.45, 7) is 4.21. The van der Waals surface area contributed by atoms with Gasteiger partial charge in [-0.25, -0.2) is 0 Å². The van der Waals surface area contributed by atoms with E-state index in [1.165, 1.54) is 148 Å². The van der Waals surface area contributed by atoms with Gasteiger partial charge in [-0.1, -0.05) is 228 Å². The molecular weight excluding hydrogens is 918 g/mol. The SMILES string of the molecule is CCCCCCC/C=C\C/C=C\C/C=C\CCCCCCCCCCCCCCC(=O)OC(COC(=O)CCCCCCCC/C=C\C/C=C\C/C=C\CCCCCCC)COP(=O)([O-])OCC[N+](C)(C)C. The van der Waals surface area contributed by atoms with Crippen LogP contribution in [0.15, 0.2) is 72.9 Å². The molecule has 10 heteroatoms. The molecule has 72 heavy (non-hydrogen) atoms. The van der Waals surface area contributed by atoms with Gasteiger partial charge in [0.05, 0.1) is 27.7 Å². The summed E-state index contributed by atoms with van der Waals surface area (Å²) in [7, 11) is 1.15. The minimum Gasteiger partial charge on any atom is -0.756 e. The van der Waals surface area contributed by atoms with Crippen molar-refractivity contribution in [3.63, 3.8) is 0 Å². The van der Waals surface area contributed by atoms with Crippen LogP contribution in [0, 0.1) is 0 Å². The molecule has 2 unspecified atom stereocenters. The molecule has 0 aliphatic rings. The Morgan fingerprint density at radius 3 is 1.11 bits per heavy atom. The molecule has 0 radical (unpaired) electrons. The topological polar surface area (TPSA) is 111 Å². The lowest BCUT2D eigenvalue weighted by molar-refractivity contribution is -0.870. The molecule has 0 rings (SSSR count). The van der Waals surface area contributed by atoms with Gasteiger partial charge >= 0.3 is 11.9 Å². The van der Waals surface area contributed by atoms with E-state index in [1.807, 2.05) is 21.1 Å². The molecule has 0 N–H and O–H groups in total. The van der Waals surface area contributed by atoms with Gasteiger partial charge in [-0.05, 0) is 89.9 Å². The fourth-order valence-corrected chi connectivity index (χ4v) is 8.81. The van der Waals surface area contributed by atoms with Crippen LogP contribution >= 0.6 is 7.82 Å². The van der Waals surface area contributed by atoms with Crippen LogP contribution in [-0.4, -0.2) is 70.0 Å². The molecule has 0 saturated carbocycles. The van der Waals surface area contributed by atoms with Gasteiger partial charge in [0.25, 0.3) is 7.82 Å². The second-order valence-corrected chi connectivity index (χ2v) is 22.4. The molecule has 9 nitrogen and oxygen atoms in total. The van der Waals surface area contributed by atoms with Gasteiger partial charge in [0.15, 0.2) is 6.10 Å². The monoisotopic (exact) mass is 1030 g/mol. The smallest absolute Gasteiger partial charge is 0.306 e. The quantitative estimate of drug-likeness (QED) is 0.0195. The Bertz CT molecular complexity index is 1450. The standard InChI is InChI=1S/C62H112NO8P/c1-6-8-10-12-14-16-18-20-22-24-26-28-29-30-31-32-33-35-37-39-41-43-45-47-49-51-53-55-62(65)71-60(59-70-72(66,67)69-57-56-63(3,4)5)58-68-61(64)54-52-50-48-46-44-42-40-38-36-34-27-25-23-21-19-17-15-13-11-9-7-2/h18-21,24-27,29-30,36,38,60H,6-17,22-23,28,31-35,37,39-59H2,1-5H3/b20-18-,21-19-,26-24-,27-25-,30-29-,38-36-. The van der Waals surface area contributed by atoms with Crippen molar-refractivity contribution in [2.45, 2.75) is 264 Å². The van der Waals surface area contributed by atoms with Gasteiger partial charge in [0.1, 0.15) is 19.8 Å². The molecule has 0 fully saturated rings. The molecule has 0 aromatic heterocycles. The Kier molecular flexibility index (Phi) is 51.4. The average Bonchev–Trinajstić information content (AvgIpc) is 3.34. The molecule has 2 atom stereocenters. The summed E-state index contributed by atoms with van der Waals surface area (Å²) in [5, 5.41) is 0. The van der Waals surface area contributed by atoms with E-state index in [1.54, 1.807) is 0 Å². The third kappa shape index (κ3) is 56.7. The van der Waals surface area contributed by atoms with Crippen LogP contribution in [0.5, 0.6) is 0 Å². The Labute approximate surface area is 444 Å². The van der Waals surface area contributed by atoms with Gasteiger partial charge in [0.2, 0.25) is 0 Å². The van der Waals surface area contributed by atoms with Crippen LogP contribution in [-0.2, 0) is 32.7 Å². The first kappa shape index (κ1) is 69.5. The number of esters is 2. The van der Waals surface area contributed by atoms with E-state index in [0.717, 1.165) is 70.6 Å². The van der Waals surface area contributed by atoms with Crippen molar-refractivity contribution < 1.29 is 42.1 Å². The first-order valence-electron chi connectivity index (χ1n) is 29.6. The van der Waals surface area contributed by atoms with Crippen molar-refractivity contribution in [2.24, 2.45) is 0 Å². The minimum atomic E-state index is -4.64. The normalized spacial score (nSPS) is 13.8. The van der Waals surface area contributed by atoms with E-state index in [2.05, 4.69) is 86.8 Å². The summed E-state index contributed by atoms with van der Waals surface area (Å²) in [5.74, 6) is -0.847. The molecule has 0 heterocycles. The van der Waals surface area contributed by atoms with E-state index < -0.39 is 32.5 Å². The number of allylic oxidation sites excluding steroid dienone is 12. The number of phosphoric ester groups is 1. The Morgan fingerprint density at radius 2 is 0.750 bits per heavy atom. The van der Waals surface area contributed by atoms with Crippen molar-refractivity contribution in [2.75, 3.05) is 47.5 Å². The molecule has 0 aromatic rings. The van der Waals surface area contributed by atoms with Gasteiger partial charge < -0.3 is 27.9 Å². The maximum absolute atomic E-state index is 12.8. The van der Waals surface area contributed by atoms with E-state index in [9.17, 15) is 19.0 Å². The lowest BCUT2D eigenvalue weighted by atomic mass is 10.0. The van der Waals surface area contributed by atoms with E-state index in [4.69, 9.17) is 18.5 Å². The van der Waals surface area contributed by atoms with Crippen LogP contribution in [0.25, 0.3) is 0 Å². The molecule has 418 valence electrons. The first-order valence-corrected chi connectivity index (χ1v) is 31.1. The summed E-state index contributed by atoms with van der Waals surface area (Å²) in [6.07, 6.45) is 69.4. The number of ether oxygens (including phenoxy) is 2. The highest BCUT2D eigenvalue weighted by atomic mass is 31.2. The van der Waals surface area contributed by atoms with Crippen molar-refractivity contribution in [1.29, 1.82) is 0 Å². The Hall–Kier alpha value is -2.55. The number of hydrogen-bond donors (Lipinski definition) is 0. The van der Waals surface area contributed by atoms with Crippen molar-refractivity contribution >= 4 is 19.8 Å². The van der Waals surface area contributed by atoms with Crippen molar-refractivity contribution in [3.8, 4) is 0 Å². The van der Waals surface area contributed by atoms with Crippen LogP contribution in [0.1, 0.15) is 258 Å². The largest absolute Gasteiger partial charge is 0.756 e. The fourth-order valence-electron chi connectivity index (χ4n) is 8.08. The number of unbranched alkanes of at least 4 members (excludes halogenated alkanes) is 28. The highest BCUT2D eigenvalue weighted by molar-refractivity contribution is 7.45. The molecule has 0 aromatic carbocycles. The van der Waals surface area contributed by atoms with Crippen LogP contribution in [0.3, 0.4) is 0 Å². The maximum atomic E-state index is 12.8. The second-order valence-electron chi connectivity index (χ2n) is 21.0. The second kappa shape index (κ2) is 53.3. The number of nitrogens with zero attached hydrogens (tertiary/aromatic N) is 1. The number of quaternary nitrogens is 1. The number of likely N-dealkylation sites (N-methyl/N-ethyl adjacent to an activating group) is 1. The highest BCUT2D eigenvalue weighted by Crippen LogP contribution is 2.38. The summed E-state index contributed by atoms with van der Waals surface area (Å²) in [5.41, 5.74) is 0. The van der Waals surface area contributed by atoms with E-state index in [-0.39, 0.29) is 26.1 Å². The molecule has 0 bridgehead atoms. The molecule has 0 amide bonds. The third-order valence-corrected chi connectivity index (χ3v) is 13.7. The summed E-state index contributed by atoms with van der Waals surface area (Å²) >= 11 is 0. The summed E-state index contributed by atoms with van der Waals surface area (Å²) < 4.78 is 34.2. The molecule has 0 saturated heterocycles. The predicted octanol–water partition coefficient (Wildman–Crippen LogP) is 17.8. The average molecular weight is 1030 g/mol. The molecular formula is C62H112NO8P. The van der Waals surface area contributed by atoms with Crippen LogP contribution in [0.4, 0.5) is 0 Å².